The van der Waals surface area contributed by atoms with E-state index in [9.17, 15) is 26.4 Å². The standard InChI is InChI=1S/C26H29FO7S2/c1-8-34-23(29)17-10-12-19-21(15(17)3)25(6,7)26(27,36(19,32)33)22(28)16-9-11-18-20(14(16)2)24(4,5)13-35(18,30)31/h9-12H,8,13H2,1-7H3. The van der Waals surface area contributed by atoms with E-state index < -0.39 is 47.3 Å². The molecule has 0 fully saturated rings. The molecule has 7 nitrogen and oxygen atoms in total. The molecule has 1 unspecified atom stereocenters. The van der Waals surface area contributed by atoms with Crippen molar-refractivity contribution >= 4 is 31.4 Å². The van der Waals surface area contributed by atoms with Crippen LogP contribution in [0.4, 0.5) is 4.39 Å². The third-order valence-corrected chi connectivity index (χ3v) is 12.0. The predicted molar refractivity (Wildman–Crippen MR) is 132 cm³/mol. The molecule has 0 spiro atoms. The highest BCUT2D eigenvalue weighted by molar-refractivity contribution is 7.94. The third-order valence-electron chi connectivity index (χ3n) is 7.54. The second-order valence-corrected chi connectivity index (χ2v) is 14.6. The maximum atomic E-state index is 17.1. The lowest BCUT2D eigenvalue weighted by Crippen LogP contribution is -2.51. The molecule has 0 bridgehead atoms. The van der Waals surface area contributed by atoms with Gasteiger partial charge in [-0.1, -0.05) is 27.7 Å². The van der Waals surface area contributed by atoms with Gasteiger partial charge in [0, 0.05) is 16.4 Å². The summed E-state index contributed by atoms with van der Waals surface area (Å²) in [6.45, 7) is 10.8. The molecule has 10 heteroatoms. The predicted octanol–water partition coefficient (Wildman–Crippen LogP) is 4.16. The van der Waals surface area contributed by atoms with Crippen molar-refractivity contribution in [3.8, 4) is 0 Å². The summed E-state index contributed by atoms with van der Waals surface area (Å²) in [5.74, 6) is -2.10. The first-order chi connectivity index (χ1) is 16.4. The molecule has 0 N–H and O–H groups in total. The lowest BCUT2D eigenvalue weighted by atomic mass is 9.73. The lowest BCUT2D eigenvalue weighted by Gasteiger charge is -2.33. The first-order valence-corrected chi connectivity index (χ1v) is 14.7. The van der Waals surface area contributed by atoms with Crippen LogP contribution in [0.3, 0.4) is 0 Å². The molecule has 194 valence electrons. The van der Waals surface area contributed by atoms with Gasteiger partial charge in [-0.15, -0.1) is 0 Å². The van der Waals surface area contributed by atoms with Gasteiger partial charge in [0.15, 0.2) is 9.84 Å². The summed E-state index contributed by atoms with van der Waals surface area (Å²) >= 11 is 0. The fourth-order valence-electron chi connectivity index (χ4n) is 6.00. The van der Waals surface area contributed by atoms with Crippen LogP contribution in [-0.4, -0.2) is 45.9 Å². The van der Waals surface area contributed by atoms with Gasteiger partial charge in [0.25, 0.3) is 5.00 Å². The van der Waals surface area contributed by atoms with Crippen LogP contribution in [0.2, 0.25) is 0 Å². The van der Waals surface area contributed by atoms with Crippen molar-refractivity contribution < 1.29 is 35.6 Å². The van der Waals surface area contributed by atoms with E-state index in [-0.39, 0.29) is 50.0 Å². The Bertz CT molecular complexity index is 1570. The quantitative estimate of drug-likeness (QED) is 0.426. The molecule has 0 aromatic heterocycles. The van der Waals surface area contributed by atoms with Crippen molar-refractivity contribution in [2.75, 3.05) is 12.4 Å². The van der Waals surface area contributed by atoms with E-state index in [0.29, 0.717) is 5.56 Å². The summed E-state index contributed by atoms with van der Waals surface area (Å²) in [4.78, 5) is 26.1. The monoisotopic (exact) mass is 536 g/mol. The van der Waals surface area contributed by atoms with E-state index in [0.717, 1.165) is 6.07 Å². The number of fused-ring (bicyclic) bond motifs is 2. The smallest absolute Gasteiger partial charge is 0.338 e. The minimum atomic E-state index is -4.85. The van der Waals surface area contributed by atoms with Crippen molar-refractivity contribution in [2.45, 2.75) is 74.1 Å². The molecule has 1 atom stereocenters. The van der Waals surface area contributed by atoms with E-state index >= 15 is 4.39 Å². The zero-order valence-corrected chi connectivity index (χ0v) is 22.9. The van der Waals surface area contributed by atoms with Crippen LogP contribution < -0.4 is 0 Å². The van der Waals surface area contributed by atoms with Crippen molar-refractivity contribution in [2.24, 2.45) is 0 Å². The van der Waals surface area contributed by atoms with Crippen LogP contribution in [0.15, 0.2) is 34.1 Å². The number of esters is 1. The van der Waals surface area contributed by atoms with Gasteiger partial charge in [0.1, 0.15) is 0 Å². The number of ether oxygens (including phenoxy) is 1. The maximum Gasteiger partial charge on any atom is 0.338 e. The third kappa shape index (κ3) is 3.13. The van der Waals surface area contributed by atoms with Crippen LogP contribution >= 0.6 is 0 Å². The lowest BCUT2D eigenvalue weighted by molar-refractivity contribution is 0.0525. The normalized spacial score (nSPS) is 24.1. The van der Waals surface area contributed by atoms with E-state index in [1.165, 1.54) is 45.9 Å². The highest BCUT2D eigenvalue weighted by atomic mass is 32.2. The number of rotatable bonds is 4. The van der Waals surface area contributed by atoms with Gasteiger partial charge in [0.2, 0.25) is 15.6 Å². The number of hydrogen-bond acceptors (Lipinski definition) is 7. The molecule has 0 aliphatic carbocycles. The Balaban J connectivity index is 1.96. The Kier molecular flexibility index (Phi) is 5.67. The highest BCUT2D eigenvalue weighted by Crippen LogP contribution is 2.56. The highest BCUT2D eigenvalue weighted by Gasteiger charge is 2.69. The Morgan fingerprint density at radius 3 is 2.00 bits per heavy atom. The summed E-state index contributed by atoms with van der Waals surface area (Å²) in [5.41, 5.74) is -1.88. The second kappa shape index (κ2) is 7.71. The molecule has 0 radical (unpaired) electrons. The first kappa shape index (κ1) is 26.5. The summed E-state index contributed by atoms with van der Waals surface area (Å²) in [5, 5.41) is -3.39. The van der Waals surface area contributed by atoms with E-state index in [4.69, 9.17) is 4.74 Å². The molecule has 0 saturated heterocycles. The van der Waals surface area contributed by atoms with Crippen molar-refractivity contribution in [1.82, 2.24) is 0 Å². The summed E-state index contributed by atoms with van der Waals surface area (Å²) in [6.07, 6.45) is 0. The first-order valence-electron chi connectivity index (χ1n) is 11.5. The zero-order chi connectivity index (χ0) is 27.2. The maximum absolute atomic E-state index is 17.1. The molecule has 0 saturated carbocycles. The average Bonchev–Trinajstić information content (AvgIpc) is 3.02. The van der Waals surface area contributed by atoms with Crippen molar-refractivity contribution in [3.63, 3.8) is 0 Å². The average molecular weight is 537 g/mol. The van der Waals surface area contributed by atoms with E-state index in [2.05, 4.69) is 0 Å². The molecule has 2 aliphatic heterocycles. The summed E-state index contributed by atoms with van der Waals surface area (Å²) in [7, 11) is -8.44. The Hall–Kier alpha value is -2.59. The number of Topliss-reactive ketones (excluding diaryl/α,β-unsaturated/α-hetero) is 1. The second-order valence-electron chi connectivity index (χ2n) is 10.6. The van der Waals surface area contributed by atoms with Gasteiger partial charge >= 0.3 is 5.97 Å². The number of carbonyl (C=O) groups excluding carboxylic acids is 2. The fraction of sp³-hybridized carbons (Fsp3) is 0.462. The summed E-state index contributed by atoms with van der Waals surface area (Å²) < 4.78 is 74.8. The van der Waals surface area contributed by atoms with E-state index in [1.807, 2.05) is 0 Å². The van der Waals surface area contributed by atoms with Gasteiger partial charge in [-0.25, -0.2) is 26.0 Å². The molecule has 2 heterocycles. The van der Waals surface area contributed by atoms with Gasteiger partial charge in [-0.2, -0.15) is 0 Å². The Labute approximate surface area is 210 Å². The number of benzene rings is 2. The molecule has 4 rings (SSSR count). The van der Waals surface area contributed by atoms with Gasteiger partial charge in [-0.3, -0.25) is 4.79 Å². The Morgan fingerprint density at radius 1 is 0.889 bits per heavy atom. The van der Waals surface area contributed by atoms with Crippen molar-refractivity contribution in [1.29, 1.82) is 0 Å². The molecule has 2 aromatic rings. The molecule has 2 aromatic carbocycles. The Morgan fingerprint density at radius 2 is 1.42 bits per heavy atom. The molecular formula is C26H29FO7S2. The van der Waals surface area contributed by atoms with Crippen LogP contribution in [-0.2, 0) is 35.2 Å². The van der Waals surface area contributed by atoms with Crippen LogP contribution in [0, 0.1) is 13.8 Å². The van der Waals surface area contributed by atoms with Gasteiger partial charge in [-0.05, 0) is 67.3 Å². The number of hydrogen-bond donors (Lipinski definition) is 0. The number of ketones is 1. The molecule has 2 aliphatic rings. The largest absolute Gasteiger partial charge is 0.462 e. The molecular weight excluding hydrogens is 507 g/mol. The number of alkyl halides is 1. The summed E-state index contributed by atoms with van der Waals surface area (Å²) in [6, 6.07) is 4.87. The van der Waals surface area contributed by atoms with Gasteiger partial charge in [0.05, 0.1) is 27.7 Å². The van der Waals surface area contributed by atoms with Gasteiger partial charge < -0.3 is 4.74 Å². The minimum Gasteiger partial charge on any atom is -0.462 e. The number of carbonyl (C=O) groups is 2. The number of sulfone groups is 2. The topological polar surface area (TPSA) is 112 Å². The SMILES string of the molecule is CCOC(=O)c1ccc2c(c1C)C(C)(C)C(F)(C(=O)c1ccc3c(c1C)C(C)(C)CS3(=O)=O)S2(=O)=O. The van der Waals surface area contributed by atoms with Crippen LogP contribution in [0.25, 0.3) is 0 Å². The molecule has 0 amide bonds. The molecule has 36 heavy (non-hydrogen) atoms. The van der Waals surface area contributed by atoms with E-state index in [1.54, 1.807) is 20.8 Å². The zero-order valence-electron chi connectivity index (χ0n) is 21.3. The van der Waals surface area contributed by atoms with Crippen LogP contribution in [0.5, 0.6) is 0 Å². The number of halogens is 1. The van der Waals surface area contributed by atoms with Crippen LogP contribution in [0.1, 0.15) is 77.6 Å². The minimum absolute atomic E-state index is 0.0469. The van der Waals surface area contributed by atoms with Crippen molar-refractivity contribution in [3.05, 3.63) is 57.6 Å². The fourth-order valence-corrected chi connectivity index (χ4v) is 10.6.